The molecule has 0 aliphatic heterocycles. The average Bonchev–Trinajstić information content (AvgIpc) is 2.73. The first-order valence-electron chi connectivity index (χ1n) is 5.99. The summed E-state index contributed by atoms with van der Waals surface area (Å²) in [5.74, 6) is 0.722. The molecule has 0 bridgehead atoms. The van der Waals surface area contributed by atoms with Crippen molar-refractivity contribution >= 4 is 11.0 Å². The van der Waals surface area contributed by atoms with Gasteiger partial charge in [-0.05, 0) is 49.4 Å². The van der Waals surface area contributed by atoms with Crippen LogP contribution in [0.4, 0.5) is 13.2 Å². The number of alkyl halides is 3. The lowest BCUT2D eigenvalue weighted by Gasteiger charge is -2.10. The summed E-state index contributed by atoms with van der Waals surface area (Å²) < 4.78 is 39.5. The number of imidazole rings is 1. The molecule has 1 aromatic heterocycles. The summed E-state index contributed by atoms with van der Waals surface area (Å²) in [6.45, 7) is 1.82. The number of rotatable bonds is 1. The summed E-state index contributed by atoms with van der Waals surface area (Å²) in [7, 11) is 0. The van der Waals surface area contributed by atoms with Crippen LogP contribution < -0.4 is 0 Å². The van der Waals surface area contributed by atoms with E-state index in [4.69, 9.17) is 0 Å². The predicted octanol–water partition coefficient (Wildman–Crippen LogP) is 4.15. The van der Waals surface area contributed by atoms with Crippen molar-refractivity contribution in [2.75, 3.05) is 0 Å². The molecule has 0 saturated carbocycles. The molecule has 5 heteroatoms. The van der Waals surface area contributed by atoms with Crippen molar-refractivity contribution in [2.24, 2.45) is 0 Å². The van der Waals surface area contributed by atoms with Crippen LogP contribution in [0.1, 0.15) is 11.4 Å². The molecule has 3 aromatic rings. The lowest BCUT2D eigenvalue weighted by Crippen LogP contribution is -2.05. The van der Waals surface area contributed by atoms with E-state index in [-0.39, 0.29) is 0 Å². The largest absolute Gasteiger partial charge is 0.416 e. The summed E-state index contributed by atoms with van der Waals surface area (Å²) in [5, 5.41) is 0. The minimum absolute atomic E-state index is 0.656. The van der Waals surface area contributed by atoms with E-state index in [1.54, 1.807) is 12.1 Å². The molecule has 20 heavy (non-hydrogen) atoms. The lowest BCUT2D eigenvalue weighted by atomic mass is 10.2. The minimum atomic E-state index is -4.32. The Balaban J connectivity index is 2.14. The summed E-state index contributed by atoms with van der Waals surface area (Å²) >= 11 is 0. The third kappa shape index (κ3) is 2.05. The zero-order chi connectivity index (χ0) is 14.3. The highest BCUT2D eigenvalue weighted by molar-refractivity contribution is 5.78. The standard InChI is InChI=1S/C15H10F3N2/c1-10-19-13-4-2-3-5-14(13)20(10)12-8-6-11(7-9-12)15(16,17)18/h3-9H,1H3. The second-order valence-corrected chi connectivity index (χ2v) is 4.45. The van der Waals surface area contributed by atoms with E-state index in [0.29, 0.717) is 5.69 Å². The third-order valence-corrected chi connectivity index (χ3v) is 3.12. The molecule has 0 amide bonds. The van der Waals surface area contributed by atoms with E-state index in [1.165, 1.54) is 12.1 Å². The Morgan fingerprint density at radius 3 is 2.45 bits per heavy atom. The van der Waals surface area contributed by atoms with E-state index >= 15 is 0 Å². The van der Waals surface area contributed by atoms with Crippen LogP contribution >= 0.6 is 0 Å². The Hall–Kier alpha value is -2.30. The number of halogens is 3. The van der Waals surface area contributed by atoms with Crippen molar-refractivity contribution in [3.05, 3.63) is 59.9 Å². The van der Waals surface area contributed by atoms with Gasteiger partial charge in [0.1, 0.15) is 5.82 Å². The molecule has 0 spiro atoms. The molecule has 2 nitrogen and oxygen atoms in total. The average molecular weight is 275 g/mol. The Labute approximate surface area is 113 Å². The number of fused-ring (bicyclic) bond motifs is 1. The highest BCUT2D eigenvalue weighted by atomic mass is 19.4. The van der Waals surface area contributed by atoms with Gasteiger partial charge >= 0.3 is 6.18 Å². The Kier molecular flexibility index (Phi) is 2.78. The van der Waals surface area contributed by atoms with Crippen molar-refractivity contribution in [3.63, 3.8) is 0 Å². The summed E-state index contributed by atoms with van der Waals surface area (Å²) in [5.41, 5.74) is 1.62. The summed E-state index contributed by atoms with van der Waals surface area (Å²) in [4.78, 5) is 4.37. The van der Waals surface area contributed by atoms with Crippen LogP contribution in [-0.2, 0) is 6.18 Å². The maximum atomic E-state index is 12.6. The van der Waals surface area contributed by atoms with Gasteiger partial charge in [0.2, 0.25) is 0 Å². The molecule has 0 aliphatic carbocycles. The van der Waals surface area contributed by atoms with E-state index < -0.39 is 11.7 Å². The second kappa shape index (κ2) is 4.37. The van der Waals surface area contributed by atoms with Crippen molar-refractivity contribution in [1.82, 2.24) is 9.55 Å². The van der Waals surface area contributed by atoms with Gasteiger partial charge in [0.15, 0.2) is 0 Å². The van der Waals surface area contributed by atoms with Gasteiger partial charge in [0, 0.05) is 5.69 Å². The fourth-order valence-corrected chi connectivity index (χ4v) is 2.22. The minimum Gasteiger partial charge on any atom is -0.297 e. The van der Waals surface area contributed by atoms with Crippen LogP contribution in [0.15, 0.2) is 42.5 Å². The Morgan fingerprint density at radius 1 is 1.10 bits per heavy atom. The molecule has 2 aromatic carbocycles. The van der Waals surface area contributed by atoms with Gasteiger partial charge in [-0.3, -0.25) is 4.57 Å². The first-order valence-corrected chi connectivity index (χ1v) is 5.99. The fourth-order valence-electron chi connectivity index (χ4n) is 2.22. The summed E-state index contributed by atoms with van der Waals surface area (Å²) in [6, 6.07) is 13.3. The van der Waals surface area contributed by atoms with Gasteiger partial charge < -0.3 is 0 Å². The molecule has 3 rings (SSSR count). The molecule has 0 saturated heterocycles. The maximum Gasteiger partial charge on any atom is 0.416 e. The second-order valence-electron chi connectivity index (χ2n) is 4.45. The monoisotopic (exact) mass is 275 g/mol. The molecular weight excluding hydrogens is 265 g/mol. The lowest BCUT2D eigenvalue weighted by molar-refractivity contribution is -0.137. The quantitative estimate of drug-likeness (QED) is 0.652. The fraction of sp³-hybridized carbons (Fsp3) is 0.133. The number of hydrogen-bond donors (Lipinski definition) is 0. The Morgan fingerprint density at radius 2 is 1.80 bits per heavy atom. The number of nitrogens with zero attached hydrogens (tertiary/aromatic N) is 2. The van der Waals surface area contributed by atoms with Gasteiger partial charge in [-0.1, -0.05) is 6.07 Å². The number of benzene rings is 2. The Bertz CT molecular complexity index is 755. The zero-order valence-corrected chi connectivity index (χ0v) is 10.6. The first-order chi connectivity index (χ1) is 9.47. The maximum absolute atomic E-state index is 12.6. The highest BCUT2D eigenvalue weighted by Gasteiger charge is 2.30. The highest BCUT2D eigenvalue weighted by Crippen LogP contribution is 2.30. The van der Waals surface area contributed by atoms with Gasteiger partial charge in [-0.15, -0.1) is 0 Å². The van der Waals surface area contributed by atoms with Crippen molar-refractivity contribution < 1.29 is 13.2 Å². The normalized spacial score (nSPS) is 12.0. The van der Waals surface area contributed by atoms with E-state index in [2.05, 4.69) is 11.1 Å². The third-order valence-electron chi connectivity index (χ3n) is 3.12. The molecule has 101 valence electrons. The molecule has 1 radical (unpaired) electrons. The first kappa shape index (κ1) is 12.7. The van der Waals surface area contributed by atoms with Crippen molar-refractivity contribution in [2.45, 2.75) is 13.1 Å². The SMILES string of the molecule is Cc1nc2c[c]ccc2n1-c1ccc(C(F)(F)F)cc1. The van der Waals surface area contributed by atoms with Gasteiger partial charge in [-0.25, -0.2) is 4.98 Å². The van der Waals surface area contributed by atoms with Gasteiger partial charge in [0.25, 0.3) is 0 Å². The van der Waals surface area contributed by atoms with Gasteiger partial charge in [0.05, 0.1) is 16.6 Å². The molecular formula is C15H10F3N2. The van der Waals surface area contributed by atoms with Crippen LogP contribution in [0.5, 0.6) is 0 Å². The van der Waals surface area contributed by atoms with E-state index in [1.807, 2.05) is 17.6 Å². The van der Waals surface area contributed by atoms with Crippen LogP contribution in [-0.4, -0.2) is 9.55 Å². The topological polar surface area (TPSA) is 17.8 Å². The van der Waals surface area contributed by atoms with Crippen molar-refractivity contribution in [3.8, 4) is 5.69 Å². The summed E-state index contributed by atoms with van der Waals surface area (Å²) in [6.07, 6.45) is -4.32. The molecule has 0 aliphatic rings. The number of hydrogen-bond acceptors (Lipinski definition) is 1. The number of aromatic nitrogens is 2. The van der Waals surface area contributed by atoms with E-state index in [9.17, 15) is 13.2 Å². The van der Waals surface area contributed by atoms with Crippen LogP contribution in [0, 0.1) is 13.0 Å². The number of aryl methyl sites for hydroxylation is 1. The predicted molar refractivity (Wildman–Crippen MR) is 69.6 cm³/mol. The van der Waals surface area contributed by atoms with Gasteiger partial charge in [-0.2, -0.15) is 13.2 Å². The van der Waals surface area contributed by atoms with E-state index in [0.717, 1.165) is 29.0 Å². The molecule has 0 unspecified atom stereocenters. The zero-order valence-electron chi connectivity index (χ0n) is 10.6. The molecule has 0 N–H and O–H groups in total. The molecule has 0 atom stereocenters. The smallest absolute Gasteiger partial charge is 0.297 e. The molecule has 0 fully saturated rings. The molecule has 1 heterocycles. The van der Waals surface area contributed by atoms with Crippen LogP contribution in [0.3, 0.4) is 0 Å². The van der Waals surface area contributed by atoms with Crippen LogP contribution in [0.2, 0.25) is 0 Å². The van der Waals surface area contributed by atoms with Crippen molar-refractivity contribution in [1.29, 1.82) is 0 Å². The van der Waals surface area contributed by atoms with Crippen LogP contribution in [0.25, 0.3) is 16.7 Å².